The molecule has 0 spiro atoms. The average Bonchev–Trinajstić information content (AvgIpc) is 3.88. The van der Waals surface area contributed by atoms with E-state index < -0.39 is 56.1 Å². The fourth-order valence-electron chi connectivity index (χ4n) is 7.20. The highest BCUT2D eigenvalue weighted by atomic mass is 35.5. The second kappa shape index (κ2) is 13.6. The molecule has 2 aliphatic heterocycles. The molecule has 268 valence electrons. The van der Waals surface area contributed by atoms with Gasteiger partial charge in [0.1, 0.15) is 29.5 Å². The third-order valence-electron chi connectivity index (χ3n) is 10.6. The van der Waals surface area contributed by atoms with Gasteiger partial charge in [-0.3, -0.25) is 19.1 Å². The van der Waals surface area contributed by atoms with Crippen molar-refractivity contribution in [1.82, 2.24) is 19.9 Å². The molecule has 2 aromatic carbocycles. The Morgan fingerprint density at radius 1 is 1.10 bits per heavy atom. The number of carbonyl (C=O) groups excluding carboxylic acids is 3. The van der Waals surface area contributed by atoms with Crippen LogP contribution >= 0.6 is 22.9 Å². The number of hydrogen-bond acceptors (Lipinski definition) is 9. The van der Waals surface area contributed by atoms with Crippen molar-refractivity contribution >= 4 is 66.6 Å². The topological polar surface area (TPSA) is 147 Å². The van der Waals surface area contributed by atoms with Crippen molar-refractivity contribution in [3.05, 3.63) is 53.3 Å². The van der Waals surface area contributed by atoms with Crippen LogP contribution < -0.4 is 20.1 Å². The zero-order valence-electron chi connectivity index (χ0n) is 27.8. The predicted molar refractivity (Wildman–Crippen MR) is 189 cm³/mol. The van der Waals surface area contributed by atoms with E-state index in [2.05, 4.69) is 20.3 Å². The van der Waals surface area contributed by atoms with E-state index in [1.165, 1.54) is 28.4 Å². The Kier molecular flexibility index (Phi) is 9.48. The Morgan fingerprint density at radius 2 is 1.86 bits per heavy atom. The van der Waals surface area contributed by atoms with E-state index in [9.17, 15) is 27.2 Å². The summed E-state index contributed by atoms with van der Waals surface area (Å²) >= 11 is 7.48. The smallest absolute Gasteiger partial charge is 0.274 e. The maximum atomic E-state index is 14.4. The number of aromatic nitrogens is 1. The SMILES string of the molecule is CC1(S(=O)(=O)NC(=O)[C@@]23C[C@H]2CCCCCCC[C@H](Nc2cccc(F)c2)C(=O)N2C[C@H](Oc4nc5ccc(Cl)cc5s4)C[C@H]2C(=O)N3)CC1. The molecule has 3 heterocycles. The molecule has 3 amide bonds. The molecular formula is C35H41ClFN5O6S2. The highest BCUT2D eigenvalue weighted by Crippen LogP contribution is 2.49. The second-order valence-corrected chi connectivity index (χ2v) is 18.0. The number of halogens is 2. The summed E-state index contributed by atoms with van der Waals surface area (Å²) < 4.78 is 48.7. The van der Waals surface area contributed by atoms with Gasteiger partial charge in [0.25, 0.3) is 11.1 Å². The maximum Gasteiger partial charge on any atom is 0.274 e. The van der Waals surface area contributed by atoms with Crippen LogP contribution in [-0.4, -0.2) is 71.0 Å². The highest BCUT2D eigenvalue weighted by molar-refractivity contribution is 7.91. The summed E-state index contributed by atoms with van der Waals surface area (Å²) in [6.45, 7) is 1.68. The third kappa shape index (κ3) is 7.16. The fourth-order valence-corrected chi connectivity index (χ4v) is 9.67. The number of anilines is 1. The normalized spacial score (nSPS) is 28.4. The van der Waals surface area contributed by atoms with Crippen LogP contribution in [-0.2, 0) is 24.4 Å². The average molecular weight is 746 g/mol. The Hall–Kier alpha value is -3.49. The summed E-state index contributed by atoms with van der Waals surface area (Å²) in [7, 11) is -3.94. The summed E-state index contributed by atoms with van der Waals surface area (Å²) in [5, 5.41) is 7.09. The molecule has 0 bridgehead atoms. The van der Waals surface area contributed by atoms with Gasteiger partial charge in [0, 0.05) is 17.1 Å². The summed E-state index contributed by atoms with van der Waals surface area (Å²) in [6.07, 6.45) is 6.15. The fraction of sp³-hybridized carbons (Fsp3) is 0.543. The van der Waals surface area contributed by atoms with Crippen LogP contribution in [0.2, 0.25) is 5.02 Å². The lowest BCUT2D eigenvalue weighted by atomic mass is 10.0. The van der Waals surface area contributed by atoms with Gasteiger partial charge in [-0.2, -0.15) is 0 Å². The van der Waals surface area contributed by atoms with Crippen molar-refractivity contribution in [2.24, 2.45) is 5.92 Å². The highest BCUT2D eigenvalue weighted by Gasteiger charge is 2.63. The molecule has 1 aromatic heterocycles. The number of rotatable bonds is 7. The van der Waals surface area contributed by atoms with Crippen LogP contribution in [0.5, 0.6) is 5.19 Å². The molecule has 0 radical (unpaired) electrons. The molecule has 7 rings (SSSR count). The van der Waals surface area contributed by atoms with Gasteiger partial charge < -0.3 is 20.3 Å². The van der Waals surface area contributed by atoms with Crippen molar-refractivity contribution in [3.63, 3.8) is 0 Å². The minimum absolute atomic E-state index is 0.0737. The summed E-state index contributed by atoms with van der Waals surface area (Å²) in [4.78, 5) is 48.6. The van der Waals surface area contributed by atoms with Gasteiger partial charge in [-0.25, -0.2) is 17.8 Å². The standard InChI is InChI=1S/C35H41ClFN5O6S2/c1-34(14-15-34)50(46,47)41-32(45)35-19-21(35)8-5-3-2-4-6-11-27(38-24-10-7-9-23(37)17-24)31(44)42-20-25(18-28(42)30(43)40-35)48-33-39-26-13-12-22(36)16-29(26)49-33/h7,9-10,12-13,16-17,21,25,27-28,38H,2-6,8,11,14-15,18-20H2,1H3,(H,40,43)(H,41,45)/t21-,25-,27+,28+,35-/m1/s1. The van der Waals surface area contributed by atoms with E-state index >= 15 is 0 Å². The Bertz CT molecular complexity index is 1920. The summed E-state index contributed by atoms with van der Waals surface area (Å²) in [5.41, 5.74) is -0.239. The van der Waals surface area contributed by atoms with E-state index in [1.807, 2.05) is 0 Å². The van der Waals surface area contributed by atoms with Crippen LogP contribution in [0.25, 0.3) is 10.2 Å². The second-order valence-electron chi connectivity index (χ2n) is 14.4. The minimum atomic E-state index is -3.94. The first-order chi connectivity index (χ1) is 23.9. The van der Waals surface area contributed by atoms with Gasteiger partial charge in [-0.05, 0) is 81.3 Å². The van der Waals surface area contributed by atoms with Crippen LogP contribution in [0.1, 0.15) is 77.6 Å². The number of hydrogen-bond donors (Lipinski definition) is 3. The van der Waals surface area contributed by atoms with Gasteiger partial charge in [-0.15, -0.1) is 0 Å². The molecule has 3 N–H and O–H groups in total. The minimum Gasteiger partial charge on any atom is -0.465 e. The number of carbonyl (C=O) groups is 3. The first-order valence-electron chi connectivity index (χ1n) is 17.3. The number of thiazole rings is 1. The van der Waals surface area contributed by atoms with Crippen molar-refractivity contribution in [3.8, 4) is 5.19 Å². The Balaban J connectivity index is 1.18. The van der Waals surface area contributed by atoms with Crippen molar-refractivity contribution in [1.29, 1.82) is 0 Å². The van der Waals surface area contributed by atoms with Crippen molar-refractivity contribution in [2.45, 2.75) is 106 Å². The van der Waals surface area contributed by atoms with Crippen LogP contribution in [0.15, 0.2) is 42.5 Å². The predicted octanol–water partition coefficient (Wildman–Crippen LogP) is 5.54. The van der Waals surface area contributed by atoms with Crippen molar-refractivity contribution < 1.29 is 31.9 Å². The van der Waals surface area contributed by atoms with Crippen molar-refractivity contribution in [2.75, 3.05) is 11.9 Å². The van der Waals surface area contributed by atoms with E-state index in [1.54, 1.807) is 37.3 Å². The van der Waals surface area contributed by atoms with Gasteiger partial charge in [0.05, 0.1) is 21.5 Å². The number of amides is 3. The molecule has 15 heteroatoms. The lowest BCUT2D eigenvalue weighted by Crippen LogP contribution is -2.58. The molecule has 2 saturated heterocycles. The number of ether oxygens (including phenoxy) is 1. The molecule has 50 heavy (non-hydrogen) atoms. The zero-order valence-corrected chi connectivity index (χ0v) is 30.1. The molecule has 2 aliphatic carbocycles. The maximum absolute atomic E-state index is 14.4. The molecule has 4 aliphatic rings. The molecule has 4 fully saturated rings. The zero-order chi connectivity index (χ0) is 35.3. The van der Waals surface area contributed by atoms with E-state index in [0.29, 0.717) is 53.5 Å². The lowest BCUT2D eigenvalue weighted by molar-refractivity contribution is -0.140. The molecule has 2 saturated carbocycles. The summed E-state index contributed by atoms with van der Waals surface area (Å²) in [5.74, 6) is -2.29. The molecule has 11 nitrogen and oxygen atoms in total. The van der Waals surface area contributed by atoms with Crippen LogP contribution in [0, 0.1) is 11.7 Å². The van der Waals surface area contributed by atoms with Gasteiger partial charge in [-0.1, -0.05) is 61.1 Å². The largest absolute Gasteiger partial charge is 0.465 e. The first kappa shape index (κ1) is 34.9. The molecule has 3 aromatic rings. The third-order valence-corrected chi connectivity index (χ3v) is 13.9. The molecule has 5 atom stereocenters. The van der Waals surface area contributed by atoms with E-state index in [-0.39, 0.29) is 24.8 Å². The van der Waals surface area contributed by atoms with Gasteiger partial charge in [0.2, 0.25) is 21.8 Å². The Morgan fingerprint density at radius 3 is 2.62 bits per heavy atom. The van der Waals surface area contributed by atoms with Gasteiger partial charge in [0.15, 0.2) is 0 Å². The quantitative estimate of drug-likeness (QED) is 0.286. The number of sulfonamides is 1. The number of fused-ring (bicyclic) bond motifs is 3. The van der Waals surface area contributed by atoms with Crippen LogP contribution in [0.3, 0.4) is 0 Å². The molecule has 0 unspecified atom stereocenters. The first-order valence-corrected chi connectivity index (χ1v) is 20.0. The Labute approximate surface area is 299 Å². The number of nitrogens with zero attached hydrogens (tertiary/aromatic N) is 2. The van der Waals surface area contributed by atoms with E-state index in [0.717, 1.165) is 36.8 Å². The number of benzene rings is 2. The van der Waals surface area contributed by atoms with Gasteiger partial charge >= 0.3 is 0 Å². The lowest BCUT2D eigenvalue weighted by Gasteiger charge is -2.30. The monoisotopic (exact) mass is 745 g/mol. The summed E-state index contributed by atoms with van der Waals surface area (Å²) in [6, 6.07) is 9.47. The number of nitrogens with one attached hydrogen (secondary N) is 3. The van der Waals surface area contributed by atoms with Crippen LogP contribution in [0.4, 0.5) is 10.1 Å². The molecular weight excluding hydrogens is 705 g/mol. The van der Waals surface area contributed by atoms with E-state index in [4.69, 9.17) is 16.3 Å².